The van der Waals surface area contributed by atoms with E-state index in [2.05, 4.69) is 4.98 Å². The maximum atomic E-state index is 12.4. The first-order valence-electron chi connectivity index (χ1n) is 9.22. The highest BCUT2D eigenvalue weighted by atomic mass is 35.5. The smallest absolute Gasteiger partial charge is 0.222 e. The van der Waals surface area contributed by atoms with E-state index in [1.54, 1.807) is 6.20 Å². The van der Waals surface area contributed by atoms with E-state index in [0.717, 1.165) is 30.7 Å². The third-order valence-electron chi connectivity index (χ3n) is 5.23. The molecular formula is C20H26ClN3O2. The van der Waals surface area contributed by atoms with Gasteiger partial charge in [-0.2, -0.15) is 0 Å². The van der Waals surface area contributed by atoms with Crippen molar-refractivity contribution >= 4 is 17.5 Å². The largest absolute Gasteiger partial charge is 0.385 e. The van der Waals surface area contributed by atoms with Gasteiger partial charge in [-0.05, 0) is 49.3 Å². The summed E-state index contributed by atoms with van der Waals surface area (Å²) in [6.45, 7) is 1.43. The van der Waals surface area contributed by atoms with Gasteiger partial charge in [0.1, 0.15) is 11.9 Å². The van der Waals surface area contributed by atoms with Crippen molar-refractivity contribution in [3.8, 4) is 0 Å². The summed E-state index contributed by atoms with van der Waals surface area (Å²) in [6, 6.07) is 7.79. The molecule has 0 bridgehead atoms. The van der Waals surface area contributed by atoms with Crippen molar-refractivity contribution in [1.82, 2.24) is 14.5 Å². The highest BCUT2D eigenvalue weighted by molar-refractivity contribution is 6.30. The molecule has 0 spiro atoms. The number of hydrogen-bond acceptors (Lipinski definition) is 3. The lowest BCUT2D eigenvalue weighted by Crippen LogP contribution is -2.40. The van der Waals surface area contributed by atoms with Crippen LogP contribution in [0.25, 0.3) is 0 Å². The number of halogens is 1. The number of hydrogen-bond donors (Lipinski definition) is 1. The van der Waals surface area contributed by atoms with Gasteiger partial charge < -0.3 is 14.6 Å². The Morgan fingerprint density at radius 1 is 1.31 bits per heavy atom. The second kappa shape index (κ2) is 8.69. The fourth-order valence-corrected chi connectivity index (χ4v) is 3.72. The first kappa shape index (κ1) is 18.9. The van der Waals surface area contributed by atoms with E-state index in [4.69, 9.17) is 11.6 Å². The second-order valence-corrected chi connectivity index (χ2v) is 7.48. The topological polar surface area (TPSA) is 58.4 Å². The molecule has 0 radical (unpaired) electrons. The lowest BCUT2D eigenvalue weighted by molar-refractivity contribution is -0.133. The van der Waals surface area contributed by atoms with Crippen LogP contribution in [-0.4, -0.2) is 38.6 Å². The number of likely N-dealkylation sites (tertiary alicyclic amines) is 1. The van der Waals surface area contributed by atoms with Crippen LogP contribution >= 0.6 is 11.6 Å². The summed E-state index contributed by atoms with van der Waals surface area (Å²) in [5.41, 5.74) is 1.21. The summed E-state index contributed by atoms with van der Waals surface area (Å²) >= 11 is 5.89. The molecule has 26 heavy (non-hydrogen) atoms. The average molecular weight is 376 g/mol. The molecule has 6 heteroatoms. The van der Waals surface area contributed by atoms with Gasteiger partial charge in [0, 0.05) is 44.0 Å². The molecule has 140 valence electrons. The quantitative estimate of drug-likeness (QED) is 0.842. The number of piperidine rings is 1. The zero-order valence-corrected chi connectivity index (χ0v) is 15.9. The first-order valence-corrected chi connectivity index (χ1v) is 9.60. The number of nitrogens with zero attached hydrogens (tertiary/aromatic N) is 3. The van der Waals surface area contributed by atoms with Crippen molar-refractivity contribution in [2.75, 3.05) is 13.1 Å². The molecular weight excluding hydrogens is 350 g/mol. The lowest BCUT2D eigenvalue weighted by Gasteiger charge is -2.34. The molecule has 0 aliphatic carbocycles. The summed E-state index contributed by atoms with van der Waals surface area (Å²) in [7, 11) is 1.89. The molecule has 1 aliphatic rings. The van der Waals surface area contributed by atoms with E-state index in [1.165, 1.54) is 5.56 Å². The molecule has 2 aromatic rings. The average Bonchev–Trinajstić information content (AvgIpc) is 3.09. The van der Waals surface area contributed by atoms with Crippen LogP contribution in [0.15, 0.2) is 36.7 Å². The van der Waals surface area contributed by atoms with Gasteiger partial charge in [0.25, 0.3) is 0 Å². The zero-order chi connectivity index (χ0) is 18.5. The molecule has 1 unspecified atom stereocenters. The summed E-state index contributed by atoms with van der Waals surface area (Å²) in [4.78, 5) is 18.6. The summed E-state index contributed by atoms with van der Waals surface area (Å²) in [5, 5.41) is 11.3. The number of aryl methyl sites for hydroxylation is 2. The van der Waals surface area contributed by atoms with E-state index in [9.17, 15) is 9.90 Å². The maximum absolute atomic E-state index is 12.4. The van der Waals surface area contributed by atoms with Crippen molar-refractivity contribution in [1.29, 1.82) is 0 Å². The Balaban J connectivity index is 1.42. The van der Waals surface area contributed by atoms with Crippen LogP contribution in [0.1, 0.15) is 43.2 Å². The Hall–Kier alpha value is -1.85. The number of amides is 1. The fraction of sp³-hybridized carbons (Fsp3) is 0.500. The molecule has 1 aromatic heterocycles. The van der Waals surface area contributed by atoms with Gasteiger partial charge in [-0.25, -0.2) is 4.98 Å². The highest BCUT2D eigenvalue weighted by Crippen LogP contribution is 2.30. The van der Waals surface area contributed by atoms with E-state index in [-0.39, 0.29) is 11.8 Å². The van der Waals surface area contributed by atoms with E-state index in [0.29, 0.717) is 25.3 Å². The molecule has 1 saturated heterocycles. The Bertz CT molecular complexity index is 721. The Kier molecular flexibility index (Phi) is 6.33. The van der Waals surface area contributed by atoms with Gasteiger partial charge in [-0.1, -0.05) is 23.7 Å². The standard InChI is InChI=1S/C20H26ClN3O2/c1-23-14-11-22-20(23)19(26)16-9-12-24(13-10-16)18(25)4-2-3-15-5-7-17(21)8-6-15/h5-8,11,14,16,19,26H,2-4,9-10,12-13H2,1H3. The lowest BCUT2D eigenvalue weighted by atomic mass is 9.90. The minimum absolute atomic E-state index is 0.161. The van der Waals surface area contributed by atoms with Gasteiger partial charge in [-0.3, -0.25) is 4.79 Å². The number of rotatable bonds is 6. The number of aliphatic hydroxyl groups is 1. The number of carbonyl (C=O) groups excluding carboxylic acids is 1. The highest BCUT2D eigenvalue weighted by Gasteiger charge is 2.29. The number of aliphatic hydroxyl groups excluding tert-OH is 1. The van der Waals surface area contributed by atoms with Crippen LogP contribution in [0, 0.1) is 5.92 Å². The fourth-order valence-electron chi connectivity index (χ4n) is 3.59. The molecule has 0 saturated carbocycles. The normalized spacial score (nSPS) is 16.7. The third kappa shape index (κ3) is 4.65. The second-order valence-electron chi connectivity index (χ2n) is 7.04. The zero-order valence-electron chi connectivity index (χ0n) is 15.1. The molecule has 1 aromatic carbocycles. The summed E-state index contributed by atoms with van der Waals surface area (Å²) in [6.07, 6.45) is 6.92. The molecule has 1 N–H and O–H groups in total. The predicted octanol–water partition coefficient (Wildman–Crippen LogP) is 3.37. The van der Waals surface area contributed by atoms with Crippen LogP contribution in [0.3, 0.4) is 0 Å². The molecule has 3 rings (SSSR count). The van der Waals surface area contributed by atoms with Gasteiger partial charge >= 0.3 is 0 Å². The Labute approximate surface area is 159 Å². The maximum Gasteiger partial charge on any atom is 0.222 e. The van der Waals surface area contributed by atoms with Gasteiger partial charge in [0.15, 0.2) is 0 Å². The first-order chi connectivity index (χ1) is 12.5. The Morgan fingerprint density at radius 3 is 2.62 bits per heavy atom. The summed E-state index contributed by atoms with van der Waals surface area (Å²) in [5.74, 6) is 1.08. The molecule has 1 fully saturated rings. The molecule has 5 nitrogen and oxygen atoms in total. The van der Waals surface area contributed by atoms with Crippen molar-refractivity contribution in [3.05, 3.63) is 53.1 Å². The van der Waals surface area contributed by atoms with E-state index < -0.39 is 6.10 Å². The number of aromatic nitrogens is 2. The van der Waals surface area contributed by atoms with Crippen molar-refractivity contribution in [3.63, 3.8) is 0 Å². The van der Waals surface area contributed by atoms with Gasteiger partial charge in [-0.15, -0.1) is 0 Å². The number of carbonyl (C=O) groups is 1. The third-order valence-corrected chi connectivity index (χ3v) is 5.48. The van der Waals surface area contributed by atoms with Crippen LogP contribution in [0.2, 0.25) is 5.02 Å². The molecule has 1 aliphatic heterocycles. The monoisotopic (exact) mass is 375 g/mol. The van der Waals surface area contributed by atoms with Crippen LogP contribution in [0.4, 0.5) is 0 Å². The minimum Gasteiger partial charge on any atom is -0.385 e. The van der Waals surface area contributed by atoms with Crippen LogP contribution in [-0.2, 0) is 18.3 Å². The molecule has 1 amide bonds. The van der Waals surface area contributed by atoms with Gasteiger partial charge in [0.05, 0.1) is 0 Å². The predicted molar refractivity (Wildman–Crippen MR) is 102 cm³/mol. The van der Waals surface area contributed by atoms with Crippen molar-refractivity contribution in [2.45, 2.75) is 38.2 Å². The molecule has 2 heterocycles. The Morgan fingerprint density at radius 2 is 2.00 bits per heavy atom. The minimum atomic E-state index is -0.558. The van der Waals surface area contributed by atoms with E-state index in [1.807, 2.05) is 47.0 Å². The van der Waals surface area contributed by atoms with Gasteiger partial charge in [0.2, 0.25) is 5.91 Å². The molecule has 1 atom stereocenters. The van der Waals surface area contributed by atoms with Crippen molar-refractivity contribution < 1.29 is 9.90 Å². The van der Waals surface area contributed by atoms with Crippen molar-refractivity contribution in [2.24, 2.45) is 13.0 Å². The van der Waals surface area contributed by atoms with E-state index >= 15 is 0 Å². The summed E-state index contributed by atoms with van der Waals surface area (Å²) < 4.78 is 1.86. The SMILES string of the molecule is Cn1ccnc1C(O)C1CCN(C(=O)CCCc2ccc(Cl)cc2)CC1. The van der Waals surface area contributed by atoms with Crippen LogP contribution in [0.5, 0.6) is 0 Å². The number of benzene rings is 1. The van der Waals surface area contributed by atoms with Crippen LogP contribution < -0.4 is 0 Å². The number of imidazole rings is 1.